The summed E-state index contributed by atoms with van der Waals surface area (Å²) in [6.07, 6.45) is 1.27. The van der Waals surface area contributed by atoms with Crippen LogP contribution in [0, 0.1) is 0 Å². The van der Waals surface area contributed by atoms with Gasteiger partial charge in [0.25, 0.3) is 5.91 Å². The first-order valence-electron chi connectivity index (χ1n) is 7.45. The molecular weight excluding hydrogens is 344 g/mol. The van der Waals surface area contributed by atoms with Gasteiger partial charge in [-0.05, 0) is 48.4 Å². The monoisotopic (exact) mass is 362 g/mol. The summed E-state index contributed by atoms with van der Waals surface area (Å²) in [5.74, 6) is 0.222. The van der Waals surface area contributed by atoms with Crippen LogP contribution in [-0.2, 0) is 21.2 Å². The number of amides is 1. The first kappa shape index (κ1) is 18.6. The fourth-order valence-corrected chi connectivity index (χ4v) is 2.55. The third-order valence-corrected chi connectivity index (χ3v) is 4.30. The van der Waals surface area contributed by atoms with Gasteiger partial charge in [0.1, 0.15) is 12.0 Å². The summed E-state index contributed by atoms with van der Waals surface area (Å²) in [5.41, 5.74) is 1.41. The number of sulfonamides is 1. The molecule has 3 N–H and O–H groups in total. The molecule has 0 atom stereocenters. The van der Waals surface area contributed by atoms with E-state index in [4.69, 9.17) is 9.88 Å². The van der Waals surface area contributed by atoms with E-state index in [-0.39, 0.29) is 17.4 Å². The Labute approximate surface area is 145 Å². The minimum atomic E-state index is -3.70. The van der Waals surface area contributed by atoms with Crippen LogP contribution in [0.5, 0.6) is 5.75 Å². The number of primary sulfonamides is 1. The zero-order valence-electron chi connectivity index (χ0n) is 13.3. The van der Waals surface area contributed by atoms with Crippen molar-refractivity contribution in [3.63, 3.8) is 0 Å². The van der Waals surface area contributed by atoms with E-state index < -0.39 is 10.0 Å². The van der Waals surface area contributed by atoms with Gasteiger partial charge < -0.3 is 10.1 Å². The molecule has 8 heteroatoms. The van der Waals surface area contributed by atoms with Crippen molar-refractivity contribution in [2.24, 2.45) is 5.14 Å². The van der Waals surface area contributed by atoms with E-state index in [1.165, 1.54) is 12.1 Å². The largest absolute Gasteiger partial charge is 0.484 e. The average molecular weight is 362 g/mol. The van der Waals surface area contributed by atoms with Gasteiger partial charge in [0.2, 0.25) is 10.0 Å². The Morgan fingerprint density at radius 1 is 1.08 bits per heavy atom. The lowest BCUT2D eigenvalue weighted by molar-refractivity contribution is -0.123. The maximum Gasteiger partial charge on any atom is 0.257 e. The molecule has 0 heterocycles. The van der Waals surface area contributed by atoms with Gasteiger partial charge in [-0.2, -0.15) is 0 Å². The second kappa shape index (κ2) is 8.41. The Hall–Kier alpha value is -2.71. The molecule has 2 rings (SSSR count). The number of nitrogens with two attached hydrogens (primary N) is 1. The highest BCUT2D eigenvalue weighted by atomic mass is 32.2. The molecule has 0 saturated carbocycles. The molecule has 2 aromatic carbocycles. The zero-order chi connectivity index (χ0) is 18.3. The summed E-state index contributed by atoms with van der Waals surface area (Å²) in [6.45, 7) is 0.256. The molecule has 2 aromatic rings. The molecule has 0 fully saturated rings. The summed E-state index contributed by atoms with van der Waals surface area (Å²) < 4.78 is 27.6. The number of hydrogen-bond acceptors (Lipinski definition) is 5. The minimum absolute atomic E-state index is 0.0503. The maximum atomic E-state index is 11.7. The van der Waals surface area contributed by atoms with Crippen molar-refractivity contribution in [3.05, 3.63) is 59.7 Å². The van der Waals surface area contributed by atoms with Gasteiger partial charge in [-0.1, -0.05) is 12.1 Å². The summed E-state index contributed by atoms with van der Waals surface area (Å²) >= 11 is 0. The van der Waals surface area contributed by atoms with E-state index in [2.05, 4.69) is 5.32 Å². The van der Waals surface area contributed by atoms with Crippen LogP contribution in [0.3, 0.4) is 0 Å². The van der Waals surface area contributed by atoms with Crippen LogP contribution < -0.4 is 15.2 Å². The van der Waals surface area contributed by atoms with Crippen molar-refractivity contribution >= 4 is 22.2 Å². The molecule has 0 aliphatic heterocycles. The van der Waals surface area contributed by atoms with Gasteiger partial charge in [-0.15, -0.1) is 0 Å². The third-order valence-electron chi connectivity index (χ3n) is 3.37. The maximum absolute atomic E-state index is 11.7. The molecule has 0 radical (unpaired) electrons. The van der Waals surface area contributed by atoms with E-state index in [0.29, 0.717) is 24.3 Å². The van der Waals surface area contributed by atoms with Gasteiger partial charge in [0.15, 0.2) is 6.61 Å². The Morgan fingerprint density at radius 2 is 1.72 bits per heavy atom. The van der Waals surface area contributed by atoms with Crippen molar-refractivity contribution in [3.8, 4) is 5.75 Å². The number of hydrogen-bond donors (Lipinski definition) is 2. The number of nitrogens with one attached hydrogen (secondary N) is 1. The molecule has 0 spiro atoms. The Balaban J connectivity index is 1.73. The summed E-state index contributed by atoms with van der Waals surface area (Å²) in [7, 11) is -3.70. The average Bonchev–Trinajstić information content (AvgIpc) is 2.60. The number of carbonyl (C=O) groups excluding carboxylic acids is 2. The standard InChI is InChI=1S/C17H18N2O5S/c18-25(22,23)16-7-3-13(4-8-16)9-10-19-17(21)12-24-15-5-1-14(11-20)2-6-15/h1-8,11H,9-10,12H2,(H,19,21)(H2,18,22,23). The van der Waals surface area contributed by atoms with Crippen LogP contribution in [-0.4, -0.2) is 33.8 Å². The van der Waals surface area contributed by atoms with E-state index >= 15 is 0 Å². The van der Waals surface area contributed by atoms with Gasteiger partial charge in [0.05, 0.1) is 4.90 Å². The highest BCUT2D eigenvalue weighted by molar-refractivity contribution is 7.89. The van der Waals surface area contributed by atoms with E-state index in [1.54, 1.807) is 36.4 Å². The topological polar surface area (TPSA) is 116 Å². The number of benzene rings is 2. The highest BCUT2D eigenvalue weighted by Crippen LogP contribution is 2.11. The lowest BCUT2D eigenvalue weighted by atomic mass is 10.1. The van der Waals surface area contributed by atoms with Crippen molar-refractivity contribution in [2.45, 2.75) is 11.3 Å². The SMILES string of the molecule is NS(=O)(=O)c1ccc(CCNC(=O)COc2ccc(C=O)cc2)cc1. The van der Waals surface area contributed by atoms with Crippen LogP contribution in [0.4, 0.5) is 0 Å². The molecule has 25 heavy (non-hydrogen) atoms. The lowest BCUT2D eigenvalue weighted by Crippen LogP contribution is -2.30. The molecular formula is C17H18N2O5S. The van der Waals surface area contributed by atoms with Crippen LogP contribution in [0.1, 0.15) is 15.9 Å². The Bertz CT molecular complexity index is 830. The van der Waals surface area contributed by atoms with Crippen molar-refractivity contribution < 1.29 is 22.7 Å². The molecule has 0 aliphatic rings. The molecule has 0 saturated heterocycles. The quantitative estimate of drug-likeness (QED) is 0.677. The molecule has 7 nitrogen and oxygen atoms in total. The first-order chi connectivity index (χ1) is 11.9. The Morgan fingerprint density at radius 3 is 2.28 bits per heavy atom. The van der Waals surface area contributed by atoms with E-state index in [0.717, 1.165) is 11.8 Å². The van der Waals surface area contributed by atoms with Gasteiger partial charge in [-0.3, -0.25) is 9.59 Å². The van der Waals surface area contributed by atoms with Crippen molar-refractivity contribution in [1.29, 1.82) is 0 Å². The van der Waals surface area contributed by atoms with Gasteiger partial charge in [0, 0.05) is 12.1 Å². The second-order valence-electron chi connectivity index (χ2n) is 5.26. The van der Waals surface area contributed by atoms with Crippen LogP contribution >= 0.6 is 0 Å². The predicted octanol–water partition coefficient (Wildman–Crippen LogP) is 0.884. The smallest absolute Gasteiger partial charge is 0.257 e. The molecule has 0 bridgehead atoms. The van der Waals surface area contributed by atoms with E-state index in [1.807, 2.05) is 0 Å². The predicted molar refractivity (Wildman–Crippen MR) is 91.9 cm³/mol. The first-order valence-corrected chi connectivity index (χ1v) is 8.99. The minimum Gasteiger partial charge on any atom is -0.484 e. The normalized spacial score (nSPS) is 10.9. The molecule has 132 valence electrons. The van der Waals surface area contributed by atoms with E-state index in [9.17, 15) is 18.0 Å². The fourth-order valence-electron chi connectivity index (χ4n) is 2.03. The number of carbonyl (C=O) groups is 2. The Kier molecular flexibility index (Phi) is 6.26. The van der Waals surface area contributed by atoms with Crippen LogP contribution in [0.15, 0.2) is 53.4 Å². The molecule has 0 aliphatic carbocycles. The molecule has 0 aromatic heterocycles. The summed E-state index contributed by atoms with van der Waals surface area (Å²) in [5, 5.41) is 7.73. The zero-order valence-corrected chi connectivity index (χ0v) is 14.2. The van der Waals surface area contributed by atoms with Crippen LogP contribution in [0.25, 0.3) is 0 Å². The van der Waals surface area contributed by atoms with Crippen LogP contribution in [0.2, 0.25) is 0 Å². The van der Waals surface area contributed by atoms with Gasteiger partial charge >= 0.3 is 0 Å². The van der Waals surface area contributed by atoms with Crippen molar-refractivity contribution in [2.75, 3.05) is 13.2 Å². The number of rotatable bonds is 8. The lowest BCUT2D eigenvalue weighted by Gasteiger charge is -2.08. The fraction of sp³-hybridized carbons (Fsp3) is 0.176. The number of ether oxygens (including phenoxy) is 1. The molecule has 0 unspecified atom stereocenters. The number of aldehydes is 1. The highest BCUT2D eigenvalue weighted by Gasteiger charge is 2.07. The van der Waals surface area contributed by atoms with Crippen molar-refractivity contribution in [1.82, 2.24) is 5.32 Å². The summed E-state index contributed by atoms with van der Waals surface area (Å²) in [6, 6.07) is 12.6. The third kappa shape index (κ3) is 6.02. The second-order valence-corrected chi connectivity index (χ2v) is 6.83. The van der Waals surface area contributed by atoms with Gasteiger partial charge in [-0.25, -0.2) is 13.6 Å². The summed E-state index contributed by atoms with van der Waals surface area (Å²) in [4.78, 5) is 22.3. The molecule has 1 amide bonds.